The normalized spacial score (nSPS) is 16.2. The Labute approximate surface area is 183 Å². The molecule has 2 aromatic carbocycles. The lowest BCUT2D eigenvalue weighted by atomic mass is 9.97. The van der Waals surface area contributed by atoms with Crippen molar-refractivity contribution in [2.45, 2.75) is 0 Å². The number of morpholine rings is 1. The van der Waals surface area contributed by atoms with E-state index < -0.39 is 0 Å². The second-order valence-electron chi connectivity index (χ2n) is 7.86. The van der Waals surface area contributed by atoms with Gasteiger partial charge in [0.2, 0.25) is 0 Å². The van der Waals surface area contributed by atoms with Gasteiger partial charge in [-0.3, -0.25) is 0 Å². The van der Waals surface area contributed by atoms with Crippen molar-refractivity contribution in [3.63, 3.8) is 0 Å². The van der Waals surface area contributed by atoms with Crippen molar-refractivity contribution >= 4 is 40.1 Å². The second-order valence-corrected chi connectivity index (χ2v) is 8.87. The number of benzene rings is 2. The molecule has 30 heavy (non-hydrogen) atoms. The number of aliphatic imine (C=N–C) groups is 1. The molecule has 0 aliphatic carbocycles. The molecule has 2 aliphatic heterocycles. The van der Waals surface area contributed by atoms with Gasteiger partial charge in [-0.1, -0.05) is 24.3 Å². The number of anilines is 2. The van der Waals surface area contributed by atoms with Crippen LogP contribution >= 0.6 is 11.8 Å². The summed E-state index contributed by atoms with van der Waals surface area (Å²) in [6, 6.07) is 17.5. The van der Waals surface area contributed by atoms with Crippen LogP contribution in [0.3, 0.4) is 0 Å². The molecule has 1 saturated heterocycles. The van der Waals surface area contributed by atoms with Crippen LogP contribution in [0.5, 0.6) is 0 Å². The molecule has 2 aromatic rings. The zero-order valence-corrected chi connectivity index (χ0v) is 18.9. The summed E-state index contributed by atoms with van der Waals surface area (Å²) in [6.07, 6.45) is 2.02. The van der Waals surface area contributed by atoms with E-state index in [1.54, 1.807) is 11.8 Å². The number of ether oxygens (including phenoxy) is 1. The molecule has 6 heteroatoms. The van der Waals surface area contributed by atoms with Crippen molar-refractivity contribution in [1.29, 1.82) is 0 Å². The van der Waals surface area contributed by atoms with E-state index in [0.29, 0.717) is 0 Å². The summed E-state index contributed by atoms with van der Waals surface area (Å²) in [7, 11) is 8.27. The van der Waals surface area contributed by atoms with Crippen LogP contribution in [0.4, 0.5) is 11.4 Å². The highest BCUT2D eigenvalue weighted by molar-refractivity contribution is 8.18. The Morgan fingerprint density at radius 1 is 0.833 bits per heavy atom. The number of allylic oxidation sites excluding steroid dienone is 1. The van der Waals surface area contributed by atoms with Gasteiger partial charge in [0.25, 0.3) is 0 Å². The average Bonchev–Trinajstić information content (AvgIpc) is 3.25. The Morgan fingerprint density at radius 2 is 1.33 bits per heavy atom. The zero-order chi connectivity index (χ0) is 21.1. The Balaban J connectivity index is 1.76. The van der Waals surface area contributed by atoms with Gasteiger partial charge < -0.3 is 14.5 Å². The lowest BCUT2D eigenvalue weighted by molar-refractivity contribution is -0.547. The van der Waals surface area contributed by atoms with Crippen LogP contribution in [0, 0.1) is 0 Å². The van der Waals surface area contributed by atoms with Crippen LogP contribution in [-0.4, -0.2) is 70.5 Å². The molecule has 0 bridgehead atoms. The third-order valence-corrected chi connectivity index (χ3v) is 6.44. The quantitative estimate of drug-likeness (QED) is 0.703. The van der Waals surface area contributed by atoms with Gasteiger partial charge in [-0.25, -0.2) is 4.58 Å². The molecule has 0 aromatic heterocycles. The molecule has 2 heterocycles. The van der Waals surface area contributed by atoms with Gasteiger partial charge >= 0.3 is 5.17 Å². The van der Waals surface area contributed by atoms with Crippen molar-refractivity contribution in [3.05, 3.63) is 64.6 Å². The fraction of sp³-hybridized carbons (Fsp3) is 0.333. The summed E-state index contributed by atoms with van der Waals surface area (Å²) in [5, 5.41) is 1.07. The third-order valence-electron chi connectivity index (χ3n) is 5.37. The van der Waals surface area contributed by atoms with E-state index in [0.717, 1.165) is 31.5 Å². The summed E-state index contributed by atoms with van der Waals surface area (Å²) in [4.78, 5) is 10.2. The second kappa shape index (κ2) is 9.06. The van der Waals surface area contributed by atoms with E-state index in [2.05, 4.69) is 91.1 Å². The van der Waals surface area contributed by atoms with Gasteiger partial charge in [-0.15, -0.1) is 0 Å². The molecule has 156 valence electrons. The SMILES string of the molecule is CN(C)c1ccc(C(=C2C=NC(=[N+]3CCOCC3)S2)c2ccc(N(C)C)cc2)cc1. The summed E-state index contributed by atoms with van der Waals surface area (Å²) in [6.45, 7) is 3.33. The molecule has 0 N–H and O–H groups in total. The van der Waals surface area contributed by atoms with E-state index in [4.69, 9.17) is 9.73 Å². The van der Waals surface area contributed by atoms with Crippen LogP contribution in [0.1, 0.15) is 11.1 Å². The lowest BCUT2D eigenvalue weighted by Gasteiger charge is -2.17. The van der Waals surface area contributed by atoms with Gasteiger partial charge in [0.05, 0.1) is 18.1 Å². The topological polar surface area (TPSA) is 31.1 Å². The molecular weight excluding hydrogens is 392 g/mol. The van der Waals surface area contributed by atoms with Crippen LogP contribution in [0.25, 0.3) is 5.57 Å². The predicted molar refractivity (Wildman–Crippen MR) is 129 cm³/mol. The van der Waals surface area contributed by atoms with Crippen LogP contribution in [0.2, 0.25) is 0 Å². The van der Waals surface area contributed by atoms with Crippen molar-refractivity contribution in [1.82, 2.24) is 0 Å². The largest absolute Gasteiger partial charge is 0.378 e. The standard InChI is InChI=1S/C24H29N4OS/c1-26(2)20-9-5-18(6-10-20)23(19-7-11-21(12-8-19)27(3)4)22-17-25-24(30-22)28-13-15-29-16-14-28/h5-12,17H,13-16H2,1-4H3/q+1. The van der Waals surface area contributed by atoms with E-state index in [1.807, 2.05) is 6.21 Å². The van der Waals surface area contributed by atoms with E-state index in [-0.39, 0.29) is 0 Å². The monoisotopic (exact) mass is 421 g/mol. The lowest BCUT2D eigenvalue weighted by Crippen LogP contribution is -2.31. The molecular formula is C24H29N4OS+. The molecule has 1 fully saturated rings. The van der Waals surface area contributed by atoms with E-state index in [1.165, 1.54) is 33.0 Å². The highest BCUT2D eigenvalue weighted by Crippen LogP contribution is 2.36. The highest BCUT2D eigenvalue weighted by atomic mass is 32.2. The molecule has 2 aliphatic rings. The summed E-state index contributed by atoms with van der Waals surface area (Å²) in [5.74, 6) is 0. The molecule has 5 nitrogen and oxygen atoms in total. The maximum absolute atomic E-state index is 5.50. The van der Waals surface area contributed by atoms with Crippen LogP contribution in [-0.2, 0) is 4.74 Å². The maximum Gasteiger partial charge on any atom is 0.359 e. The summed E-state index contributed by atoms with van der Waals surface area (Å²) in [5.41, 5.74) is 6.02. The smallest absolute Gasteiger partial charge is 0.359 e. The fourth-order valence-corrected chi connectivity index (χ4v) is 4.64. The first kappa shape index (κ1) is 20.7. The zero-order valence-electron chi connectivity index (χ0n) is 18.1. The third kappa shape index (κ3) is 4.45. The number of hydrogen-bond donors (Lipinski definition) is 0. The van der Waals surface area contributed by atoms with Crippen LogP contribution in [0.15, 0.2) is 58.4 Å². The molecule has 0 unspecified atom stereocenters. The molecule has 4 rings (SSSR count). The maximum atomic E-state index is 5.50. The summed E-state index contributed by atoms with van der Waals surface area (Å²) >= 11 is 1.76. The Kier molecular flexibility index (Phi) is 6.25. The van der Waals surface area contributed by atoms with E-state index in [9.17, 15) is 0 Å². The highest BCUT2D eigenvalue weighted by Gasteiger charge is 2.27. The van der Waals surface area contributed by atoms with Crippen LogP contribution < -0.4 is 9.80 Å². The van der Waals surface area contributed by atoms with Gasteiger partial charge in [0, 0.05) is 56.9 Å². The Hall–Kier alpha value is -2.57. The number of nitrogens with zero attached hydrogens (tertiary/aromatic N) is 4. The average molecular weight is 422 g/mol. The number of thioether (sulfide) groups is 1. The first-order chi connectivity index (χ1) is 14.5. The van der Waals surface area contributed by atoms with Gasteiger partial charge in [-0.05, 0) is 40.4 Å². The number of hydrogen-bond acceptors (Lipinski definition) is 4. The van der Waals surface area contributed by atoms with Gasteiger partial charge in [0.1, 0.15) is 13.1 Å². The van der Waals surface area contributed by atoms with Crippen molar-refractivity contribution in [3.8, 4) is 0 Å². The summed E-state index contributed by atoms with van der Waals surface area (Å²) < 4.78 is 7.82. The predicted octanol–water partition coefficient (Wildman–Crippen LogP) is 3.79. The van der Waals surface area contributed by atoms with E-state index >= 15 is 0 Å². The minimum absolute atomic E-state index is 0.767. The first-order valence-electron chi connectivity index (χ1n) is 10.2. The Bertz CT molecular complexity index is 927. The van der Waals surface area contributed by atoms with Crippen molar-refractivity contribution in [2.75, 3.05) is 64.3 Å². The van der Waals surface area contributed by atoms with Crippen molar-refractivity contribution < 1.29 is 9.31 Å². The number of rotatable bonds is 4. The molecule has 0 radical (unpaired) electrons. The van der Waals surface area contributed by atoms with Crippen molar-refractivity contribution in [2.24, 2.45) is 4.99 Å². The Morgan fingerprint density at radius 3 is 1.80 bits per heavy atom. The first-order valence-corrected chi connectivity index (χ1v) is 11.1. The van der Waals surface area contributed by atoms with Gasteiger partial charge in [0.15, 0.2) is 6.21 Å². The molecule has 0 atom stereocenters. The molecule has 0 amide bonds. The fourth-order valence-electron chi connectivity index (χ4n) is 3.58. The minimum Gasteiger partial charge on any atom is -0.378 e. The molecule has 0 spiro atoms. The molecule has 0 saturated carbocycles. The van der Waals surface area contributed by atoms with Gasteiger partial charge in [-0.2, -0.15) is 0 Å². The number of amidine groups is 1. The minimum atomic E-state index is 0.767.